The van der Waals surface area contributed by atoms with Gasteiger partial charge in [0.15, 0.2) is 17.6 Å². The van der Waals surface area contributed by atoms with Crippen LogP contribution in [0, 0.1) is 0 Å². The van der Waals surface area contributed by atoms with E-state index in [0.29, 0.717) is 54.1 Å². The lowest BCUT2D eigenvalue weighted by Gasteiger charge is -2.39. The first-order chi connectivity index (χ1) is 29.2. The Kier molecular flexibility index (Phi) is 12.7. The van der Waals surface area contributed by atoms with E-state index >= 15 is 0 Å². The maximum Gasteiger partial charge on any atom is 0.162 e. The largest absolute Gasteiger partial charge is 0.489 e. The fourth-order valence-electron chi connectivity index (χ4n) is 6.97. The lowest BCUT2D eigenvalue weighted by Crippen LogP contribution is -2.36. The van der Waals surface area contributed by atoms with Crippen LogP contribution in [0.5, 0.6) is 28.7 Å². The zero-order valence-corrected chi connectivity index (χ0v) is 32.4. The third-order valence-electron chi connectivity index (χ3n) is 9.95. The van der Waals surface area contributed by atoms with Gasteiger partial charge in [0.1, 0.15) is 49.8 Å². The maximum absolute atomic E-state index is 10.1. The van der Waals surface area contributed by atoms with Gasteiger partial charge in [0.05, 0.1) is 12.6 Å². The molecule has 0 aliphatic carbocycles. The normalized spacial score (nSPS) is 15.5. The average Bonchev–Trinajstić information content (AvgIpc) is 3.30. The number of nitrogens with zero attached hydrogens (tertiary/aromatic N) is 3. The molecular weight excluding hydrogens is 739 g/mol. The van der Waals surface area contributed by atoms with Crippen molar-refractivity contribution in [3.63, 3.8) is 0 Å². The molecule has 0 bridgehead atoms. The predicted molar refractivity (Wildman–Crippen MR) is 226 cm³/mol. The summed E-state index contributed by atoms with van der Waals surface area (Å²) in [6, 6.07) is 58.2. The summed E-state index contributed by atoms with van der Waals surface area (Å²) in [5.41, 5.74) is 16.4. The van der Waals surface area contributed by atoms with Gasteiger partial charge >= 0.3 is 0 Å². The smallest absolute Gasteiger partial charge is 0.162 e. The first kappa shape index (κ1) is 38.7. The molecule has 0 spiro atoms. The fraction of sp³-hybridized carbons (Fsp3) is 0.160. The highest BCUT2D eigenvalue weighted by molar-refractivity contribution is 5.55. The van der Waals surface area contributed by atoms with Crippen LogP contribution in [0.15, 0.2) is 187 Å². The Balaban J connectivity index is 1.20. The topological polar surface area (TPSA) is 104 Å². The monoisotopic (exact) mass is 781 g/mol. The summed E-state index contributed by atoms with van der Waals surface area (Å²) in [4.78, 5) is 3.36. The van der Waals surface area contributed by atoms with Gasteiger partial charge in [-0.1, -0.05) is 163 Å². The number of benzene rings is 7. The van der Waals surface area contributed by atoms with Crippen molar-refractivity contribution in [3.05, 3.63) is 231 Å². The van der Waals surface area contributed by atoms with Crippen LogP contribution in [0.25, 0.3) is 10.4 Å². The summed E-state index contributed by atoms with van der Waals surface area (Å²) in [7, 11) is 0. The minimum atomic E-state index is -0.853. The zero-order chi connectivity index (χ0) is 40.1. The molecule has 0 unspecified atom stereocenters. The Labute approximate surface area is 344 Å². The van der Waals surface area contributed by atoms with Gasteiger partial charge in [-0.15, -0.1) is 0 Å². The molecule has 9 nitrogen and oxygen atoms in total. The molecule has 7 aromatic carbocycles. The third-order valence-corrected chi connectivity index (χ3v) is 9.95. The molecule has 0 saturated carbocycles. The Morgan fingerprint density at radius 3 is 1.44 bits per heavy atom. The van der Waals surface area contributed by atoms with Crippen LogP contribution >= 0.6 is 0 Å². The van der Waals surface area contributed by atoms with E-state index in [1.807, 2.05) is 182 Å². The Morgan fingerprint density at radius 2 is 0.932 bits per heavy atom. The van der Waals surface area contributed by atoms with Crippen LogP contribution in [0.4, 0.5) is 0 Å². The molecule has 0 N–H and O–H groups in total. The van der Waals surface area contributed by atoms with Crippen LogP contribution in [-0.2, 0) is 37.8 Å². The van der Waals surface area contributed by atoms with Crippen LogP contribution in [0.1, 0.15) is 51.1 Å². The van der Waals surface area contributed by atoms with Crippen molar-refractivity contribution in [1.82, 2.24) is 0 Å². The van der Waals surface area contributed by atoms with Crippen molar-refractivity contribution in [2.75, 3.05) is 0 Å². The predicted octanol–water partition coefficient (Wildman–Crippen LogP) is 12.1. The molecule has 1 aliphatic heterocycles. The molecule has 59 heavy (non-hydrogen) atoms. The summed E-state index contributed by atoms with van der Waals surface area (Å²) in [5.74, 6) is 2.57. The second kappa shape index (κ2) is 19.3. The molecule has 3 atom stereocenters. The van der Waals surface area contributed by atoms with Crippen molar-refractivity contribution in [3.8, 4) is 28.7 Å². The third kappa shape index (κ3) is 10.0. The number of azide groups is 1. The molecule has 8 rings (SSSR count). The lowest BCUT2D eigenvalue weighted by atomic mass is 9.89. The van der Waals surface area contributed by atoms with E-state index in [2.05, 4.69) is 10.0 Å². The second-order valence-electron chi connectivity index (χ2n) is 14.1. The molecule has 0 amide bonds. The molecule has 0 radical (unpaired) electrons. The zero-order valence-electron chi connectivity index (χ0n) is 32.4. The standard InChI is InChI=1S/C50H43N3O6/c51-53-52-48-47-45(57-34-39-22-12-4-13-23-39)29-42(54-31-36-16-6-1-7-17-36)30-46(47)59-49(50(48)58-35-40-24-14-5-15-25-40)41-26-27-43(55-32-37-18-8-2-9-19-37)44(28-41)56-33-38-20-10-3-11-21-38/h1-30,48-50H,31-35H2/t48-,49+,50-/m0/s1. The lowest BCUT2D eigenvalue weighted by molar-refractivity contribution is -0.0629. The van der Waals surface area contributed by atoms with Crippen LogP contribution in [0.2, 0.25) is 0 Å². The van der Waals surface area contributed by atoms with Gasteiger partial charge in [0.2, 0.25) is 0 Å². The van der Waals surface area contributed by atoms with E-state index in [9.17, 15) is 5.53 Å². The van der Waals surface area contributed by atoms with Crippen LogP contribution < -0.4 is 23.7 Å². The van der Waals surface area contributed by atoms with E-state index in [1.165, 1.54) is 0 Å². The van der Waals surface area contributed by atoms with E-state index in [-0.39, 0.29) is 13.2 Å². The molecular formula is C50H43N3O6. The van der Waals surface area contributed by atoms with Crippen LogP contribution in [-0.4, -0.2) is 6.10 Å². The van der Waals surface area contributed by atoms with E-state index in [0.717, 1.165) is 33.4 Å². The maximum atomic E-state index is 10.1. The minimum absolute atomic E-state index is 0.242. The van der Waals surface area contributed by atoms with Crippen molar-refractivity contribution in [1.29, 1.82) is 0 Å². The Morgan fingerprint density at radius 1 is 0.475 bits per heavy atom. The molecule has 9 heteroatoms. The highest BCUT2D eigenvalue weighted by Gasteiger charge is 2.43. The summed E-state index contributed by atoms with van der Waals surface area (Å²) < 4.78 is 39.5. The first-order valence-electron chi connectivity index (χ1n) is 19.6. The van der Waals surface area contributed by atoms with Crippen molar-refractivity contribution in [2.24, 2.45) is 5.11 Å². The number of fused-ring (bicyclic) bond motifs is 1. The van der Waals surface area contributed by atoms with Gasteiger partial charge in [0.25, 0.3) is 0 Å². The minimum Gasteiger partial charge on any atom is -0.489 e. The Bertz CT molecular complexity index is 2450. The van der Waals surface area contributed by atoms with Gasteiger partial charge in [-0.3, -0.25) is 0 Å². The summed E-state index contributed by atoms with van der Waals surface area (Å²) in [6.07, 6.45) is -1.54. The SMILES string of the molecule is [N-]=[N+]=N[C@H]1c2c(OCc3ccccc3)cc(OCc3ccccc3)cc2O[C@H](c2ccc(OCc3ccccc3)c(OCc3ccccc3)c2)[C@H]1OCc1ccccc1. The van der Waals surface area contributed by atoms with Gasteiger partial charge in [-0.2, -0.15) is 0 Å². The Hall–Kier alpha value is -7.19. The van der Waals surface area contributed by atoms with E-state index in [1.54, 1.807) is 0 Å². The quantitative estimate of drug-likeness (QED) is 0.0518. The molecule has 0 saturated heterocycles. The van der Waals surface area contributed by atoms with E-state index < -0.39 is 18.2 Å². The number of hydrogen-bond donors (Lipinski definition) is 0. The van der Waals surface area contributed by atoms with Gasteiger partial charge in [0, 0.05) is 22.6 Å². The van der Waals surface area contributed by atoms with Crippen molar-refractivity contribution >= 4 is 0 Å². The average molecular weight is 782 g/mol. The molecule has 7 aromatic rings. The van der Waals surface area contributed by atoms with Crippen LogP contribution in [0.3, 0.4) is 0 Å². The summed E-state index contributed by atoms with van der Waals surface area (Å²) >= 11 is 0. The molecule has 294 valence electrons. The van der Waals surface area contributed by atoms with Crippen molar-refractivity contribution in [2.45, 2.75) is 51.3 Å². The van der Waals surface area contributed by atoms with Crippen molar-refractivity contribution < 1.29 is 28.4 Å². The highest BCUT2D eigenvalue weighted by Crippen LogP contribution is 2.51. The van der Waals surface area contributed by atoms with Gasteiger partial charge < -0.3 is 28.4 Å². The molecule has 0 aromatic heterocycles. The first-order valence-corrected chi connectivity index (χ1v) is 19.6. The van der Waals surface area contributed by atoms with Gasteiger partial charge in [-0.05, 0) is 51.0 Å². The van der Waals surface area contributed by atoms with Gasteiger partial charge in [-0.25, -0.2) is 0 Å². The highest BCUT2D eigenvalue weighted by atomic mass is 16.6. The second-order valence-corrected chi connectivity index (χ2v) is 14.1. The number of rotatable bonds is 17. The number of ether oxygens (including phenoxy) is 6. The van der Waals surface area contributed by atoms with E-state index in [4.69, 9.17) is 28.4 Å². The summed E-state index contributed by atoms with van der Waals surface area (Å²) in [5, 5.41) is 4.41. The fourth-order valence-corrected chi connectivity index (χ4v) is 6.97. The molecule has 1 heterocycles. The molecule has 0 fully saturated rings. The molecule has 1 aliphatic rings. The summed E-state index contributed by atoms with van der Waals surface area (Å²) in [6.45, 7) is 1.51. The number of hydrogen-bond acceptors (Lipinski definition) is 7.